The van der Waals surface area contributed by atoms with Gasteiger partial charge in [0, 0.05) is 34.3 Å². The second kappa shape index (κ2) is 11.6. The minimum Gasteiger partial charge on any atom is -0.480 e. The number of nitrogens with zero attached hydrogens (tertiary/aromatic N) is 4. The molecule has 1 spiro atoms. The molecule has 1 aromatic carbocycles. The van der Waals surface area contributed by atoms with E-state index in [-0.39, 0.29) is 45.9 Å². The van der Waals surface area contributed by atoms with E-state index in [1.165, 1.54) is 34.2 Å². The number of alkyl halides is 3. The highest BCUT2D eigenvalue weighted by Crippen LogP contribution is 2.47. The van der Waals surface area contributed by atoms with Crippen LogP contribution in [0.5, 0.6) is 5.88 Å². The number of allylic oxidation sites excluding steroid dienone is 2. The molecule has 3 atom stereocenters. The van der Waals surface area contributed by atoms with Gasteiger partial charge >= 0.3 is 12.1 Å². The first-order valence-electron chi connectivity index (χ1n) is 13.2. The van der Waals surface area contributed by atoms with E-state index in [0.717, 1.165) is 17.6 Å². The number of nitrogens with one attached hydrogen (secondary N) is 1. The average Bonchev–Trinajstić information content (AvgIpc) is 3.66. The Morgan fingerprint density at radius 2 is 2.12 bits per heavy atom. The molecule has 2 unspecified atom stereocenters. The van der Waals surface area contributed by atoms with Gasteiger partial charge in [-0.3, -0.25) is 4.79 Å². The van der Waals surface area contributed by atoms with Crippen molar-refractivity contribution in [2.75, 3.05) is 12.3 Å². The first kappa shape index (κ1) is 31.0. The number of anilines is 1. The van der Waals surface area contributed by atoms with E-state index in [4.69, 9.17) is 22.1 Å². The van der Waals surface area contributed by atoms with Crippen LogP contribution in [0.1, 0.15) is 48.6 Å². The average molecular weight is 656 g/mol. The summed E-state index contributed by atoms with van der Waals surface area (Å²) in [5.41, 5.74) is 8.56. The van der Waals surface area contributed by atoms with Crippen LogP contribution in [-0.4, -0.2) is 49.6 Å². The van der Waals surface area contributed by atoms with Crippen molar-refractivity contribution < 1.29 is 27.8 Å². The molecule has 6 rings (SSSR count). The number of nitrogens with two attached hydrogens (primary N) is 1. The monoisotopic (exact) mass is 654 g/mol. The quantitative estimate of drug-likeness (QED) is 0.214. The molecule has 4 heterocycles. The van der Waals surface area contributed by atoms with Crippen LogP contribution >= 0.6 is 35.3 Å². The summed E-state index contributed by atoms with van der Waals surface area (Å²) in [4.78, 5) is 19.9. The van der Waals surface area contributed by atoms with Gasteiger partial charge in [0.05, 0.1) is 16.9 Å². The number of halogens is 5. The van der Waals surface area contributed by atoms with E-state index in [1.807, 2.05) is 5.38 Å². The zero-order valence-corrected chi connectivity index (χ0v) is 25.1. The number of aromatic nitrogens is 4. The van der Waals surface area contributed by atoms with Gasteiger partial charge in [0.1, 0.15) is 10.7 Å². The number of carboxylic acids is 1. The number of nitrogen functional groups attached to an aromatic ring is 1. The standard InChI is InChI=1S/C28H26ClF3N6O3S.ClH/c1-14-6-9-38(37-14)20-10-16(29)2-3-17(20)23(28(30,31)32)41-24-22-21(35-26(33)36-24)18(12-42-22)15-4-7-27(8-5-15)11-19(25(39)40)34-13-27;/h2-4,6,9-10,12,19,23,34H,5,7-8,11,13H2,1H3,(H,39,40)(H2,33,35,36);1H/t19?,23-,27?;/m1./s1. The van der Waals surface area contributed by atoms with Crippen LogP contribution < -0.4 is 15.8 Å². The van der Waals surface area contributed by atoms with Crippen LogP contribution in [0, 0.1) is 12.3 Å². The summed E-state index contributed by atoms with van der Waals surface area (Å²) >= 11 is 7.34. The SMILES string of the molecule is Cc1ccn(-c2cc(Cl)ccc2[C@@H](Oc2nc(N)nc3c(C4=CCC5(CC4)CNC(C(=O)O)C5)csc23)C(F)(F)F)n1.Cl. The van der Waals surface area contributed by atoms with E-state index in [9.17, 15) is 23.1 Å². The van der Waals surface area contributed by atoms with Crippen molar-refractivity contribution in [2.24, 2.45) is 5.41 Å². The predicted molar refractivity (Wildman–Crippen MR) is 160 cm³/mol. The topological polar surface area (TPSA) is 128 Å². The van der Waals surface area contributed by atoms with Gasteiger partial charge < -0.3 is 20.9 Å². The Hall–Kier alpha value is -3.39. The van der Waals surface area contributed by atoms with Crippen LogP contribution in [-0.2, 0) is 4.79 Å². The largest absolute Gasteiger partial charge is 0.480 e. The number of rotatable bonds is 6. The Morgan fingerprint density at radius 3 is 2.74 bits per heavy atom. The molecule has 0 amide bonds. The van der Waals surface area contributed by atoms with Crippen LogP contribution in [0.25, 0.3) is 21.5 Å². The lowest BCUT2D eigenvalue weighted by Gasteiger charge is -2.31. The first-order chi connectivity index (χ1) is 19.9. The number of aliphatic carboxylic acids is 1. The van der Waals surface area contributed by atoms with E-state index in [0.29, 0.717) is 41.7 Å². The summed E-state index contributed by atoms with van der Waals surface area (Å²) in [5, 5.41) is 18.8. The van der Waals surface area contributed by atoms with Crippen molar-refractivity contribution in [3.8, 4) is 11.6 Å². The summed E-state index contributed by atoms with van der Waals surface area (Å²) in [5.74, 6) is -1.34. The molecule has 1 saturated heterocycles. The normalized spacial score (nSPS) is 21.0. The highest BCUT2D eigenvalue weighted by atomic mass is 35.5. The molecule has 228 valence electrons. The summed E-state index contributed by atoms with van der Waals surface area (Å²) < 4.78 is 51.1. The molecule has 3 aromatic heterocycles. The molecule has 1 fully saturated rings. The van der Waals surface area contributed by atoms with Gasteiger partial charge in [0.15, 0.2) is 0 Å². The molecule has 0 radical (unpaired) electrons. The Labute approximate surface area is 259 Å². The number of thiophene rings is 1. The molecule has 0 bridgehead atoms. The van der Waals surface area contributed by atoms with E-state index in [2.05, 4.69) is 26.5 Å². The lowest BCUT2D eigenvalue weighted by molar-refractivity contribution is -0.198. The number of hydrogen-bond acceptors (Lipinski definition) is 8. The summed E-state index contributed by atoms with van der Waals surface area (Å²) in [6, 6.07) is 5.15. The maximum Gasteiger partial charge on any atom is 0.429 e. The fourth-order valence-electron chi connectivity index (χ4n) is 5.75. The van der Waals surface area contributed by atoms with Crippen LogP contribution in [0.4, 0.5) is 19.1 Å². The number of ether oxygens (including phenoxy) is 1. The Kier molecular flexibility index (Phi) is 8.38. The summed E-state index contributed by atoms with van der Waals surface area (Å²) in [6.45, 7) is 2.35. The zero-order chi connectivity index (χ0) is 29.8. The summed E-state index contributed by atoms with van der Waals surface area (Å²) in [7, 11) is 0. The minimum atomic E-state index is -4.82. The third-order valence-electron chi connectivity index (χ3n) is 7.88. The maximum absolute atomic E-state index is 14.6. The lowest BCUT2D eigenvalue weighted by Crippen LogP contribution is -2.30. The highest BCUT2D eigenvalue weighted by Gasteiger charge is 2.46. The minimum absolute atomic E-state index is 0. The van der Waals surface area contributed by atoms with Crippen molar-refractivity contribution in [1.82, 2.24) is 25.1 Å². The number of aryl methyl sites for hydroxylation is 1. The van der Waals surface area contributed by atoms with Gasteiger partial charge in [-0.25, -0.2) is 9.67 Å². The Morgan fingerprint density at radius 1 is 1.33 bits per heavy atom. The van der Waals surface area contributed by atoms with Crippen molar-refractivity contribution >= 4 is 63.1 Å². The van der Waals surface area contributed by atoms with E-state index >= 15 is 0 Å². The highest BCUT2D eigenvalue weighted by molar-refractivity contribution is 7.17. The van der Waals surface area contributed by atoms with Gasteiger partial charge in [-0.05, 0) is 61.8 Å². The van der Waals surface area contributed by atoms with E-state index in [1.54, 1.807) is 19.2 Å². The molecular weight excluding hydrogens is 628 g/mol. The number of hydrogen-bond donors (Lipinski definition) is 3. The molecule has 1 aliphatic heterocycles. The number of carboxylic acid groups (broad SMARTS) is 1. The number of fused-ring (bicyclic) bond motifs is 1. The molecule has 15 heteroatoms. The third-order valence-corrected chi connectivity index (χ3v) is 9.08. The van der Waals surface area contributed by atoms with Crippen molar-refractivity contribution in [3.63, 3.8) is 0 Å². The first-order valence-corrected chi connectivity index (χ1v) is 14.4. The maximum atomic E-state index is 14.6. The molecular formula is C28H27Cl2F3N6O3S. The molecule has 0 saturated carbocycles. The van der Waals surface area contributed by atoms with Crippen molar-refractivity contribution in [3.05, 3.63) is 63.8 Å². The fourth-order valence-corrected chi connectivity index (χ4v) is 6.87. The molecule has 9 nitrogen and oxygen atoms in total. The van der Waals surface area contributed by atoms with Crippen molar-refractivity contribution in [2.45, 2.75) is 50.9 Å². The second-order valence-electron chi connectivity index (χ2n) is 10.8. The molecule has 4 aromatic rings. The fraction of sp³-hybridized carbons (Fsp3) is 0.357. The van der Waals surface area contributed by atoms with Gasteiger partial charge in [0.25, 0.3) is 0 Å². The second-order valence-corrected chi connectivity index (χ2v) is 12.1. The lowest BCUT2D eigenvalue weighted by atomic mass is 9.72. The van der Waals surface area contributed by atoms with Gasteiger partial charge in [-0.1, -0.05) is 23.7 Å². The predicted octanol–water partition coefficient (Wildman–Crippen LogP) is 6.53. The number of carbonyl (C=O) groups is 1. The van der Waals surface area contributed by atoms with Crippen LogP contribution in [0.15, 0.2) is 41.9 Å². The smallest absolute Gasteiger partial charge is 0.429 e. The van der Waals surface area contributed by atoms with Gasteiger partial charge in [0.2, 0.25) is 17.9 Å². The van der Waals surface area contributed by atoms with Gasteiger partial charge in [-0.2, -0.15) is 23.3 Å². The summed E-state index contributed by atoms with van der Waals surface area (Å²) in [6.07, 6.45) is -0.920. The van der Waals surface area contributed by atoms with Crippen LogP contribution in [0.3, 0.4) is 0 Å². The molecule has 43 heavy (non-hydrogen) atoms. The molecule has 4 N–H and O–H groups in total. The Bertz CT molecular complexity index is 1730. The molecule has 1 aliphatic carbocycles. The van der Waals surface area contributed by atoms with Crippen LogP contribution in [0.2, 0.25) is 5.02 Å². The van der Waals surface area contributed by atoms with Gasteiger partial charge in [-0.15, -0.1) is 23.7 Å². The van der Waals surface area contributed by atoms with Crippen molar-refractivity contribution in [1.29, 1.82) is 0 Å². The number of benzene rings is 1. The van der Waals surface area contributed by atoms with E-state index < -0.39 is 24.3 Å². The third kappa shape index (κ3) is 6.03. The zero-order valence-electron chi connectivity index (χ0n) is 22.7. The molecule has 2 aliphatic rings. The Balaban J connectivity index is 0.00000368.